The van der Waals surface area contributed by atoms with E-state index in [4.69, 9.17) is 11.5 Å². The zero-order valence-corrected chi connectivity index (χ0v) is 16.0. The van der Waals surface area contributed by atoms with Crippen molar-refractivity contribution in [1.82, 2.24) is 4.98 Å². The standard InChI is InChI=1S/C21H17FN4O2S/c22-14-5-1-12(2-6-14)18(28)11-29-21-17(10-24)19(16(9-23)20(25)26-21)13-3-7-15(27)8-4-13/h1-8,27H,10-11,24H2,(H2,25,26). The van der Waals surface area contributed by atoms with Gasteiger partial charge in [-0.05, 0) is 42.0 Å². The average Bonchev–Trinajstić information content (AvgIpc) is 2.72. The van der Waals surface area contributed by atoms with E-state index in [1.807, 2.05) is 0 Å². The van der Waals surface area contributed by atoms with Crippen molar-refractivity contribution < 1.29 is 14.3 Å². The number of Topliss-reactive ketones (excluding diaryl/α,β-unsaturated/α-hetero) is 1. The molecule has 2 aromatic carbocycles. The third-order valence-electron chi connectivity index (χ3n) is 4.27. The zero-order chi connectivity index (χ0) is 21.0. The number of benzene rings is 2. The fourth-order valence-electron chi connectivity index (χ4n) is 2.84. The molecule has 6 nitrogen and oxygen atoms in total. The van der Waals surface area contributed by atoms with Gasteiger partial charge in [-0.2, -0.15) is 5.26 Å². The lowest BCUT2D eigenvalue weighted by Gasteiger charge is -2.16. The summed E-state index contributed by atoms with van der Waals surface area (Å²) >= 11 is 1.15. The molecule has 8 heteroatoms. The summed E-state index contributed by atoms with van der Waals surface area (Å²) in [4.78, 5) is 16.7. The number of carbonyl (C=O) groups is 1. The van der Waals surface area contributed by atoms with Crippen LogP contribution in [-0.2, 0) is 6.54 Å². The zero-order valence-electron chi connectivity index (χ0n) is 15.2. The van der Waals surface area contributed by atoms with Crippen molar-refractivity contribution in [1.29, 1.82) is 5.26 Å². The Morgan fingerprint density at radius 2 is 1.83 bits per heavy atom. The second kappa shape index (κ2) is 8.73. The normalized spacial score (nSPS) is 10.5. The van der Waals surface area contributed by atoms with Crippen LogP contribution >= 0.6 is 11.8 Å². The van der Waals surface area contributed by atoms with Crippen molar-refractivity contribution in [3.8, 4) is 22.9 Å². The van der Waals surface area contributed by atoms with Crippen LogP contribution in [0.15, 0.2) is 53.6 Å². The molecule has 0 fully saturated rings. The fraction of sp³-hybridized carbons (Fsp3) is 0.0952. The maximum absolute atomic E-state index is 13.0. The minimum absolute atomic E-state index is 0.0320. The molecule has 0 spiro atoms. The summed E-state index contributed by atoms with van der Waals surface area (Å²) in [6.45, 7) is 0.0746. The van der Waals surface area contributed by atoms with E-state index >= 15 is 0 Å². The molecule has 0 aliphatic carbocycles. The molecule has 0 radical (unpaired) electrons. The number of aromatic hydroxyl groups is 1. The molecule has 0 atom stereocenters. The van der Waals surface area contributed by atoms with Crippen LogP contribution in [0.1, 0.15) is 21.5 Å². The number of halogens is 1. The summed E-state index contributed by atoms with van der Waals surface area (Å²) in [6.07, 6.45) is 0. The van der Waals surface area contributed by atoms with Gasteiger partial charge < -0.3 is 16.6 Å². The number of phenolic OH excluding ortho intramolecular Hbond substituents is 1. The van der Waals surface area contributed by atoms with E-state index in [-0.39, 0.29) is 35.2 Å². The Bertz CT molecular complexity index is 1090. The van der Waals surface area contributed by atoms with E-state index < -0.39 is 5.82 Å². The number of rotatable bonds is 6. The van der Waals surface area contributed by atoms with Gasteiger partial charge in [0.1, 0.15) is 34.0 Å². The molecular formula is C21H17FN4O2S. The Morgan fingerprint density at radius 3 is 2.41 bits per heavy atom. The molecule has 146 valence electrons. The number of nitrogens with two attached hydrogens (primary N) is 2. The van der Waals surface area contributed by atoms with Gasteiger partial charge in [-0.3, -0.25) is 4.79 Å². The first kappa shape index (κ1) is 20.3. The summed E-state index contributed by atoms with van der Waals surface area (Å²) < 4.78 is 13.0. The SMILES string of the molecule is N#Cc1c(N)nc(SCC(=O)c2ccc(F)cc2)c(CN)c1-c1ccc(O)cc1. The Hall–Kier alpha value is -3.41. The quantitative estimate of drug-likeness (QED) is 0.421. The van der Waals surface area contributed by atoms with Gasteiger partial charge in [0.25, 0.3) is 0 Å². The number of nitriles is 1. The van der Waals surface area contributed by atoms with E-state index in [1.165, 1.54) is 36.4 Å². The number of nitrogens with zero attached hydrogens (tertiary/aromatic N) is 2. The van der Waals surface area contributed by atoms with Gasteiger partial charge in [0.2, 0.25) is 0 Å². The fourth-order valence-corrected chi connectivity index (χ4v) is 3.80. The molecule has 5 N–H and O–H groups in total. The topological polar surface area (TPSA) is 126 Å². The Labute approximate surface area is 171 Å². The van der Waals surface area contributed by atoms with Crippen LogP contribution in [0.2, 0.25) is 0 Å². The first-order chi connectivity index (χ1) is 13.9. The number of pyridine rings is 1. The lowest BCUT2D eigenvalue weighted by atomic mass is 9.96. The second-order valence-electron chi connectivity index (χ2n) is 6.11. The Morgan fingerprint density at radius 1 is 1.17 bits per heavy atom. The van der Waals surface area contributed by atoms with E-state index in [0.717, 1.165) is 11.8 Å². The molecule has 1 heterocycles. The van der Waals surface area contributed by atoms with Crippen LogP contribution < -0.4 is 11.5 Å². The van der Waals surface area contributed by atoms with E-state index in [1.54, 1.807) is 12.1 Å². The van der Waals surface area contributed by atoms with Crippen LogP contribution in [0.4, 0.5) is 10.2 Å². The molecule has 0 amide bonds. The van der Waals surface area contributed by atoms with Gasteiger partial charge in [0.05, 0.1) is 5.75 Å². The molecule has 0 saturated heterocycles. The van der Waals surface area contributed by atoms with E-state index in [2.05, 4.69) is 11.1 Å². The van der Waals surface area contributed by atoms with Gasteiger partial charge in [-0.15, -0.1) is 0 Å². The molecule has 0 bridgehead atoms. The van der Waals surface area contributed by atoms with Gasteiger partial charge in [0, 0.05) is 23.2 Å². The minimum atomic E-state index is -0.417. The number of nitrogen functional groups attached to an aromatic ring is 1. The first-order valence-electron chi connectivity index (χ1n) is 8.58. The third kappa shape index (κ3) is 4.37. The Balaban J connectivity index is 1.99. The molecule has 0 unspecified atom stereocenters. The number of carbonyl (C=O) groups excluding carboxylic acids is 1. The summed E-state index contributed by atoms with van der Waals surface area (Å²) in [5.41, 5.74) is 14.3. The first-order valence-corrected chi connectivity index (χ1v) is 9.56. The molecule has 0 saturated carbocycles. The second-order valence-corrected chi connectivity index (χ2v) is 7.08. The summed E-state index contributed by atoms with van der Waals surface area (Å²) in [5.74, 6) is -0.451. The molecule has 1 aromatic heterocycles. The van der Waals surface area contributed by atoms with Crippen molar-refractivity contribution in [3.05, 3.63) is 71.0 Å². The minimum Gasteiger partial charge on any atom is -0.508 e. The molecular weight excluding hydrogens is 391 g/mol. The number of hydrogen-bond donors (Lipinski definition) is 3. The van der Waals surface area contributed by atoms with Crippen LogP contribution in [0.3, 0.4) is 0 Å². The summed E-state index contributed by atoms with van der Waals surface area (Å²) in [6, 6.07) is 13.7. The van der Waals surface area contributed by atoms with Crippen molar-refractivity contribution in [2.75, 3.05) is 11.5 Å². The molecule has 3 rings (SSSR count). The number of phenols is 1. The van der Waals surface area contributed by atoms with E-state index in [0.29, 0.717) is 27.3 Å². The maximum atomic E-state index is 13.0. The van der Waals surface area contributed by atoms with Gasteiger partial charge in [-0.1, -0.05) is 23.9 Å². The number of aromatic nitrogens is 1. The number of thioether (sulfide) groups is 1. The molecule has 29 heavy (non-hydrogen) atoms. The monoisotopic (exact) mass is 408 g/mol. The van der Waals surface area contributed by atoms with Gasteiger partial charge in [0.15, 0.2) is 5.78 Å². The highest BCUT2D eigenvalue weighted by Crippen LogP contribution is 2.36. The van der Waals surface area contributed by atoms with Gasteiger partial charge in [-0.25, -0.2) is 9.37 Å². The molecule has 0 aliphatic heterocycles. The lowest BCUT2D eigenvalue weighted by molar-refractivity contribution is 0.102. The van der Waals surface area contributed by atoms with Crippen molar-refractivity contribution in [2.24, 2.45) is 5.73 Å². The van der Waals surface area contributed by atoms with Gasteiger partial charge >= 0.3 is 0 Å². The highest BCUT2D eigenvalue weighted by Gasteiger charge is 2.20. The predicted molar refractivity (Wildman–Crippen MR) is 110 cm³/mol. The number of ketones is 1. The highest BCUT2D eigenvalue weighted by atomic mass is 32.2. The van der Waals surface area contributed by atoms with E-state index in [9.17, 15) is 19.6 Å². The smallest absolute Gasteiger partial charge is 0.173 e. The predicted octanol–water partition coefficient (Wildman–Crippen LogP) is 3.48. The van der Waals surface area contributed by atoms with Crippen molar-refractivity contribution in [2.45, 2.75) is 11.6 Å². The van der Waals surface area contributed by atoms with Crippen molar-refractivity contribution in [3.63, 3.8) is 0 Å². The van der Waals surface area contributed by atoms with Crippen LogP contribution in [0.25, 0.3) is 11.1 Å². The largest absolute Gasteiger partial charge is 0.508 e. The number of hydrogen-bond acceptors (Lipinski definition) is 7. The summed E-state index contributed by atoms with van der Waals surface area (Å²) in [7, 11) is 0. The summed E-state index contributed by atoms with van der Waals surface area (Å²) in [5, 5.41) is 19.6. The van der Waals surface area contributed by atoms with Crippen molar-refractivity contribution >= 4 is 23.4 Å². The molecule has 3 aromatic rings. The highest BCUT2D eigenvalue weighted by molar-refractivity contribution is 8.00. The average molecular weight is 408 g/mol. The van der Waals surface area contributed by atoms with Crippen LogP contribution in [-0.4, -0.2) is 21.6 Å². The molecule has 0 aliphatic rings. The number of anilines is 1. The Kier molecular flexibility index (Phi) is 6.12. The third-order valence-corrected chi connectivity index (χ3v) is 5.28. The van der Waals surface area contributed by atoms with Crippen LogP contribution in [0.5, 0.6) is 5.75 Å². The maximum Gasteiger partial charge on any atom is 0.173 e. The lowest BCUT2D eigenvalue weighted by Crippen LogP contribution is -2.10. The van der Waals surface area contributed by atoms with Crippen LogP contribution in [0, 0.1) is 17.1 Å².